The summed E-state index contributed by atoms with van der Waals surface area (Å²) in [5.74, 6) is 0. The summed E-state index contributed by atoms with van der Waals surface area (Å²) in [5.41, 5.74) is 8.01. The maximum atomic E-state index is 6.40. The molecule has 36 heavy (non-hydrogen) atoms. The van der Waals surface area contributed by atoms with Gasteiger partial charge in [-0.15, -0.1) is 0 Å². The Morgan fingerprint density at radius 1 is 0.528 bits per heavy atom. The van der Waals surface area contributed by atoms with E-state index in [2.05, 4.69) is 40.3 Å². The van der Waals surface area contributed by atoms with Crippen LogP contribution < -0.4 is 0 Å². The second-order valence-electron chi connectivity index (χ2n) is 8.62. The van der Waals surface area contributed by atoms with Crippen molar-refractivity contribution in [2.45, 2.75) is 0 Å². The largest absolute Gasteiger partial charge is 0.264 e. The van der Waals surface area contributed by atoms with Crippen LogP contribution in [0.5, 0.6) is 0 Å². The molecule has 0 atom stereocenters. The molecule has 0 saturated heterocycles. The summed E-state index contributed by atoms with van der Waals surface area (Å²) in [6, 6.07) is 26.1. The van der Waals surface area contributed by atoms with Gasteiger partial charge >= 0.3 is 0 Å². The van der Waals surface area contributed by atoms with Gasteiger partial charge in [0.05, 0.1) is 32.6 Å². The van der Waals surface area contributed by atoms with Crippen molar-refractivity contribution in [1.82, 2.24) is 19.9 Å². The number of rotatable bonds is 2. The van der Waals surface area contributed by atoms with E-state index in [9.17, 15) is 0 Å². The minimum atomic E-state index is 0.537. The molecule has 7 rings (SSSR count). The van der Waals surface area contributed by atoms with Crippen molar-refractivity contribution < 1.29 is 0 Å². The third-order valence-electron chi connectivity index (χ3n) is 6.47. The molecule has 7 aromatic rings. The molecule has 0 spiro atoms. The lowest BCUT2D eigenvalue weighted by Crippen LogP contribution is -1.96. The Kier molecular flexibility index (Phi) is 4.84. The number of hydrogen-bond donors (Lipinski definition) is 0. The summed E-state index contributed by atoms with van der Waals surface area (Å²) in [4.78, 5) is 19.2. The van der Waals surface area contributed by atoms with Gasteiger partial charge in [0.2, 0.25) is 0 Å². The average Bonchev–Trinajstić information content (AvgIpc) is 2.91. The zero-order valence-corrected chi connectivity index (χ0v) is 20.3. The van der Waals surface area contributed by atoms with Crippen molar-refractivity contribution in [1.29, 1.82) is 0 Å². The molecule has 0 aliphatic rings. The molecular weight excluding hydrogens is 487 g/mol. The Balaban J connectivity index is 1.71. The highest BCUT2D eigenvalue weighted by Gasteiger charge is 2.19. The first-order chi connectivity index (χ1) is 17.7. The van der Waals surface area contributed by atoms with Crippen LogP contribution in [0.15, 0.2) is 97.5 Å². The van der Waals surface area contributed by atoms with E-state index in [-0.39, 0.29) is 0 Å². The fourth-order valence-electron chi connectivity index (χ4n) is 4.96. The quantitative estimate of drug-likeness (QED) is 0.175. The maximum Gasteiger partial charge on any atom is 0.0980 e. The Morgan fingerprint density at radius 2 is 1.22 bits per heavy atom. The first kappa shape index (κ1) is 21.2. The van der Waals surface area contributed by atoms with E-state index in [1.165, 1.54) is 0 Å². The van der Waals surface area contributed by atoms with Gasteiger partial charge in [0.1, 0.15) is 0 Å². The normalized spacial score (nSPS) is 11.6. The summed E-state index contributed by atoms with van der Waals surface area (Å²) in [7, 11) is 0. The van der Waals surface area contributed by atoms with E-state index in [4.69, 9.17) is 33.2 Å². The zero-order valence-electron chi connectivity index (χ0n) is 18.8. The Labute approximate surface area is 216 Å². The molecule has 170 valence electrons. The summed E-state index contributed by atoms with van der Waals surface area (Å²) in [6.07, 6.45) is 5.32. The van der Waals surface area contributed by atoms with E-state index >= 15 is 0 Å². The molecule has 0 amide bonds. The van der Waals surface area contributed by atoms with Gasteiger partial charge in [0.15, 0.2) is 0 Å². The van der Waals surface area contributed by atoms with Gasteiger partial charge in [-0.25, -0.2) is 9.97 Å². The molecule has 4 nitrogen and oxygen atoms in total. The molecule has 0 saturated carbocycles. The fraction of sp³-hybridized carbons (Fsp3) is 0. The summed E-state index contributed by atoms with van der Waals surface area (Å²) >= 11 is 12.7. The van der Waals surface area contributed by atoms with Crippen LogP contribution in [-0.2, 0) is 0 Å². The molecular formula is C30H16Cl2N4. The first-order valence-electron chi connectivity index (χ1n) is 11.4. The van der Waals surface area contributed by atoms with Crippen molar-refractivity contribution in [3.63, 3.8) is 0 Å². The minimum absolute atomic E-state index is 0.537. The third kappa shape index (κ3) is 3.30. The van der Waals surface area contributed by atoms with Gasteiger partial charge in [-0.3, -0.25) is 9.97 Å². The summed E-state index contributed by atoms with van der Waals surface area (Å²) < 4.78 is 0. The number of fused-ring (bicyclic) bond motifs is 5. The molecule has 0 radical (unpaired) electrons. The molecule has 0 aliphatic heterocycles. The predicted molar refractivity (Wildman–Crippen MR) is 149 cm³/mol. The third-order valence-corrected chi connectivity index (χ3v) is 6.91. The van der Waals surface area contributed by atoms with Crippen LogP contribution in [0.1, 0.15) is 0 Å². The molecule has 4 heterocycles. The Morgan fingerprint density at radius 3 is 2.00 bits per heavy atom. The van der Waals surface area contributed by atoms with Crippen molar-refractivity contribution in [3.8, 4) is 22.3 Å². The van der Waals surface area contributed by atoms with E-state index in [1.807, 2.05) is 54.7 Å². The highest BCUT2D eigenvalue weighted by molar-refractivity contribution is 6.32. The lowest BCUT2D eigenvalue weighted by atomic mass is 9.93. The van der Waals surface area contributed by atoms with Crippen LogP contribution in [0, 0.1) is 0 Å². The number of pyridine rings is 4. The van der Waals surface area contributed by atoms with E-state index in [0.717, 1.165) is 66.0 Å². The van der Waals surface area contributed by atoms with E-state index < -0.39 is 0 Å². The van der Waals surface area contributed by atoms with Crippen molar-refractivity contribution in [3.05, 3.63) is 107 Å². The van der Waals surface area contributed by atoms with Crippen LogP contribution in [0.2, 0.25) is 10.0 Å². The van der Waals surface area contributed by atoms with E-state index in [1.54, 1.807) is 12.4 Å². The fourth-order valence-corrected chi connectivity index (χ4v) is 5.28. The number of aromatic nitrogens is 4. The van der Waals surface area contributed by atoms with Gasteiger partial charge in [0, 0.05) is 56.5 Å². The number of halogens is 2. The number of nitrogens with zero attached hydrogens (tertiary/aromatic N) is 4. The van der Waals surface area contributed by atoms with Crippen LogP contribution in [0.3, 0.4) is 0 Å². The standard InChI is InChI=1S/C30H16Cl2N4/c31-19-8-9-21-24(13-19)35-28-22(26(21)18-7-4-12-33-15-18)10-11-23-27(17-5-2-1-3-6-17)30-25(36-29(23)28)14-20(32)16-34-30/h1-16H. The predicted octanol–water partition coefficient (Wildman–Crippen LogP) is 8.52. The van der Waals surface area contributed by atoms with Crippen LogP contribution in [-0.4, -0.2) is 19.9 Å². The Bertz CT molecular complexity index is 1810. The molecule has 4 aromatic heterocycles. The first-order valence-corrected chi connectivity index (χ1v) is 12.2. The van der Waals surface area contributed by atoms with Gasteiger partial charge in [-0.1, -0.05) is 77.8 Å². The average molecular weight is 503 g/mol. The molecule has 0 bridgehead atoms. The van der Waals surface area contributed by atoms with E-state index in [0.29, 0.717) is 10.0 Å². The molecule has 0 aliphatic carbocycles. The van der Waals surface area contributed by atoms with Gasteiger partial charge < -0.3 is 0 Å². The highest BCUT2D eigenvalue weighted by atomic mass is 35.5. The minimum Gasteiger partial charge on any atom is -0.264 e. The number of benzene rings is 3. The summed E-state index contributed by atoms with van der Waals surface area (Å²) in [6.45, 7) is 0. The van der Waals surface area contributed by atoms with Gasteiger partial charge in [-0.2, -0.15) is 0 Å². The number of hydrogen-bond acceptors (Lipinski definition) is 4. The lowest BCUT2D eigenvalue weighted by Gasteiger charge is -2.15. The molecule has 3 aromatic carbocycles. The highest BCUT2D eigenvalue weighted by Crippen LogP contribution is 2.41. The lowest BCUT2D eigenvalue weighted by molar-refractivity contribution is 1.33. The SMILES string of the molecule is Clc1ccc2c(-c3cccnc3)c3ccc4c(-c5ccccc5)c5ncc(Cl)cc5nc4c3nc2c1. The van der Waals surface area contributed by atoms with Gasteiger partial charge in [-0.05, 0) is 29.8 Å². The zero-order chi connectivity index (χ0) is 24.2. The maximum absolute atomic E-state index is 6.40. The van der Waals surface area contributed by atoms with Crippen molar-refractivity contribution >= 4 is 66.9 Å². The molecule has 0 N–H and O–H groups in total. The smallest absolute Gasteiger partial charge is 0.0980 e. The second kappa shape index (κ2) is 8.23. The molecule has 0 unspecified atom stereocenters. The second-order valence-corrected chi connectivity index (χ2v) is 9.49. The molecule has 6 heteroatoms. The van der Waals surface area contributed by atoms with Crippen LogP contribution >= 0.6 is 23.2 Å². The summed E-state index contributed by atoms with van der Waals surface area (Å²) in [5, 5.41) is 4.14. The van der Waals surface area contributed by atoms with Crippen LogP contribution in [0.25, 0.3) is 66.0 Å². The Hall–Kier alpha value is -4.12. The van der Waals surface area contributed by atoms with Crippen LogP contribution in [0.4, 0.5) is 0 Å². The molecule has 0 fully saturated rings. The van der Waals surface area contributed by atoms with Gasteiger partial charge in [0.25, 0.3) is 0 Å². The monoisotopic (exact) mass is 502 g/mol. The van der Waals surface area contributed by atoms with Crippen molar-refractivity contribution in [2.75, 3.05) is 0 Å². The topological polar surface area (TPSA) is 51.6 Å². The van der Waals surface area contributed by atoms with Crippen molar-refractivity contribution in [2.24, 2.45) is 0 Å².